The van der Waals surface area contributed by atoms with Crippen LogP contribution in [-0.2, 0) is 0 Å². The molecule has 4 rings (SSSR count). The number of aromatic hydroxyl groups is 1. The second-order valence-corrected chi connectivity index (χ2v) is 7.64. The molecule has 1 saturated carbocycles. The molecule has 1 aromatic carbocycles. The molecule has 28 heavy (non-hydrogen) atoms. The van der Waals surface area contributed by atoms with Crippen molar-refractivity contribution in [2.75, 3.05) is 5.73 Å². The number of phenols is 1. The van der Waals surface area contributed by atoms with Crippen molar-refractivity contribution in [3.8, 4) is 11.4 Å². The molecule has 146 valence electrons. The predicted molar refractivity (Wildman–Crippen MR) is 109 cm³/mol. The zero-order valence-corrected chi connectivity index (χ0v) is 16.2. The lowest BCUT2D eigenvalue weighted by Gasteiger charge is -2.20. The lowest BCUT2D eigenvalue weighted by atomic mass is 9.89. The van der Waals surface area contributed by atoms with Crippen LogP contribution in [0.2, 0.25) is 0 Å². The van der Waals surface area contributed by atoms with Crippen LogP contribution in [-0.4, -0.2) is 25.5 Å². The van der Waals surface area contributed by atoms with Gasteiger partial charge in [0.25, 0.3) is 5.91 Å². The molecular weight excluding hydrogens is 354 g/mol. The highest BCUT2D eigenvalue weighted by Crippen LogP contribution is 2.37. The van der Waals surface area contributed by atoms with Crippen LogP contribution in [0.1, 0.15) is 65.3 Å². The third-order valence-electron chi connectivity index (χ3n) is 5.81. The monoisotopic (exact) mass is 379 g/mol. The normalized spacial score (nSPS) is 15.2. The Hall–Kier alpha value is -3.09. The van der Waals surface area contributed by atoms with E-state index >= 15 is 0 Å². The van der Waals surface area contributed by atoms with Gasteiger partial charge in [0.2, 0.25) is 0 Å². The molecule has 5 N–H and O–H groups in total. The van der Waals surface area contributed by atoms with E-state index in [1.807, 2.05) is 19.9 Å². The highest BCUT2D eigenvalue weighted by Gasteiger charge is 2.26. The van der Waals surface area contributed by atoms with Gasteiger partial charge in [0.05, 0.1) is 16.6 Å². The second kappa shape index (κ2) is 6.82. The zero-order valence-electron chi connectivity index (χ0n) is 16.2. The van der Waals surface area contributed by atoms with Crippen molar-refractivity contribution in [2.24, 2.45) is 5.73 Å². The average Bonchev–Trinajstić information content (AvgIpc) is 2.97. The number of nitrogens with two attached hydrogens (primary N) is 2. The third-order valence-corrected chi connectivity index (χ3v) is 5.81. The standard InChI is InChI=1S/C21H25N5O2/c1-11-8-9-15(27)12(2)17(11)26-18(22)16(19(23)28)14-10-24-20(25-21(14)26)13-6-4-3-5-7-13/h8-10,13,27H,3-7,22H2,1-2H3,(H2,23,28). The Balaban J connectivity index is 2.03. The zero-order chi connectivity index (χ0) is 20.0. The lowest BCUT2D eigenvalue weighted by Crippen LogP contribution is -2.14. The van der Waals surface area contributed by atoms with E-state index in [-0.39, 0.29) is 17.1 Å². The molecule has 2 heterocycles. The van der Waals surface area contributed by atoms with Crippen molar-refractivity contribution in [3.63, 3.8) is 0 Å². The van der Waals surface area contributed by atoms with Crippen LogP contribution < -0.4 is 11.5 Å². The summed E-state index contributed by atoms with van der Waals surface area (Å²) in [6.45, 7) is 3.75. The quantitative estimate of drug-likeness (QED) is 0.643. The van der Waals surface area contributed by atoms with Gasteiger partial charge in [-0.25, -0.2) is 9.97 Å². The molecule has 7 heteroatoms. The van der Waals surface area contributed by atoms with Crippen molar-refractivity contribution in [1.82, 2.24) is 14.5 Å². The summed E-state index contributed by atoms with van der Waals surface area (Å²) in [6, 6.07) is 3.46. The van der Waals surface area contributed by atoms with Crippen molar-refractivity contribution >= 4 is 22.8 Å². The number of hydrogen-bond acceptors (Lipinski definition) is 5. The Morgan fingerprint density at radius 3 is 2.61 bits per heavy atom. The van der Waals surface area contributed by atoms with Crippen LogP contribution in [0.3, 0.4) is 0 Å². The SMILES string of the molecule is Cc1ccc(O)c(C)c1-n1c(N)c(C(N)=O)c2cnc(C3CCCCC3)nc21. The summed E-state index contributed by atoms with van der Waals surface area (Å²) < 4.78 is 1.73. The highest BCUT2D eigenvalue weighted by molar-refractivity contribution is 6.10. The number of benzene rings is 1. The van der Waals surface area contributed by atoms with E-state index in [1.165, 1.54) is 19.3 Å². The molecule has 1 fully saturated rings. The molecule has 7 nitrogen and oxygen atoms in total. The molecule has 3 aromatic rings. The van der Waals surface area contributed by atoms with Gasteiger partial charge in [-0.2, -0.15) is 0 Å². The number of amides is 1. The molecule has 0 unspecified atom stereocenters. The maximum absolute atomic E-state index is 12.1. The number of primary amides is 1. The number of carbonyl (C=O) groups is 1. The van der Waals surface area contributed by atoms with Gasteiger partial charge in [0, 0.05) is 17.7 Å². The number of anilines is 1. The molecule has 1 aliphatic rings. The fraction of sp³-hybridized carbons (Fsp3) is 0.381. The van der Waals surface area contributed by atoms with E-state index in [0.717, 1.165) is 24.2 Å². The predicted octanol–water partition coefficient (Wildman–Crippen LogP) is 3.47. The first-order chi connectivity index (χ1) is 13.4. The van der Waals surface area contributed by atoms with Crippen molar-refractivity contribution in [1.29, 1.82) is 0 Å². The molecule has 0 saturated heterocycles. The molecular formula is C21H25N5O2. The first-order valence-corrected chi connectivity index (χ1v) is 9.66. The molecule has 0 atom stereocenters. The molecule has 0 bridgehead atoms. The Labute approximate surface area is 163 Å². The van der Waals surface area contributed by atoms with Gasteiger partial charge >= 0.3 is 0 Å². The Bertz CT molecular complexity index is 1080. The summed E-state index contributed by atoms with van der Waals surface area (Å²) in [5, 5.41) is 10.8. The maximum Gasteiger partial charge on any atom is 0.253 e. The first-order valence-electron chi connectivity index (χ1n) is 9.66. The topological polar surface area (TPSA) is 120 Å². The average molecular weight is 379 g/mol. The second-order valence-electron chi connectivity index (χ2n) is 7.64. The fourth-order valence-corrected chi connectivity index (χ4v) is 4.31. The van der Waals surface area contributed by atoms with Crippen LogP contribution in [0.15, 0.2) is 18.3 Å². The number of nitrogen functional groups attached to an aromatic ring is 1. The van der Waals surface area contributed by atoms with Crippen LogP contribution in [0.5, 0.6) is 5.75 Å². The smallest absolute Gasteiger partial charge is 0.253 e. The van der Waals surface area contributed by atoms with E-state index in [4.69, 9.17) is 16.5 Å². The lowest BCUT2D eigenvalue weighted by molar-refractivity contribution is 0.100. The number of hydrogen-bond donors (Lipinski definition) is 3. The van der Waals surface area contributed by atoms with E-state index in [1.54, 1.807) is 16.8 Å². The minimum atomic E-state index is -0.620. The van der Waals surface area contributed by atoms with Gasteiger partial charge in [0.15, 0.2) is 5.65 Å². The highest BCUT2D eigenvalue weighted by atomic mass is 16.3. The van der Waals surface area contributed by atoms with Gasteiger partial charge in [-0.3, -0.25) is 9.36 Å². The molecule has 1 aliphatic carbocycles. The fourth-order valence-electron chi connectivity index (χ4n) is 4.31. The van der Waals surface area contributed by atoms with Crippen molar-refractivity contribution < 1.29 is 9.90 Å². The number of aryl methyl sites for hydroxylation is 1. The van der Waals surface area contributed by atoms with Crippen LogP contribution in [0.25, 0.3) is 16.7 Å². The number of fused-ring (bicyclic) bond motifs is 1. The molecule has 2 aromatic heterocycles. The van der Waals surface area contributed by atoms with Crippen molar-refractivity contribution in [2.45, 2.75) is 51.9 Å². The van der Waals surface area contributed by atoms with Crippen molar-refractivity contribution in [3.05, 3.63) is 40.8 Å². The number of carbonyl (C=O) groups excluding carboxylic acids is 1. The van der Waals surface area contributed by atoms with Gasteiger partial charge in [-0.1, -0.05) is 25.3 Å². The molecule has 0 aliphatic heterocycles. The van der Waals surface area contributed by atoms with Gasteiger partial charge in [-0.05, 0) is 38.3 Å². The van der Waals surface area contributed by atoms with Crippen LogP contribution in [0, 0.1) is 13.8 Å². The molecule has 0 spiro atoms. The molecule has 1 amide bonds. The van der Waals surface area contributed by atoms with Crippen LogP contribution >= 0.6 is 0 Å². The van der Waals surface area contributed by atoms with E-state index in [9.17, 15) is 9.90 Å². The van der Waals surface area contributed by atoms with E-state index in [2.05, 4.69) is 4.98 Å². The van der Waals surface area contributed by atoms with Gasteiger partial charge in [-0.15, -0.1) is 0 Å². The van der Waals surface area contributed by atoms with E-state index < -0.39 is 5.91 Å². The Morgan fingerprint density at radius 2 is 1.93 bits per heavy atom. The minimum Gasteiger partial charge on any atom is -0.508 e. The van der Waals surface area contributed by atoms with Gasteiger partial charge < -0.3 is 16.6 Å². The summed E-state index contributed by atoms with van der Waals surface area (Å²) >= 11 is 0. The summed E-state index contributed by atoms with van der Waals surface area (Å²) in [7, 11) is 0. The minimum absolute atomic E-state index is 0.157. The number of aromatic nitrogens is 3. The third kappa shape index (κ3) is 2.78. The van der Waals surface area contributed by atoms with E-state index in [0.29, 0.717) is 28.2 Å². The summed E-state index contributed by atoms with van der Waals surface area (Å²) in [5.74, 6) is 0.840. The summed E-state index contributed by atoms with van der Waals surface area (Å²) in [5.41, 5.74) is 15.1. The molecule has 0 radical (unpaired) electrons. The maximum atomic E-state index is 12.1. The first kappa shape index (κ1) is 18.3. The number of nitrogens with zero attached hydrogens (tertiary/aromatic N) is 3. The number of rotatable bonds is 3. The Morgan fingerprint density at radius 1 is 1.21 bits per heavy atom. The van der Waals surface area contributed by atoms with Gasteiger partial charge in [0.1, 0.15) is 17.4 Å². The number of phenolic OH excluding ortho intramolecular Hbond substituents is 1. The Kier molecular flexibility index (Phi) is 4.45. The summed E-state index contributed by atoms with van der Waals surface area (Å²) in [6.07, 6.45) is 7.38. The largest absolute Gasteiger partial charge is 0.508 e. The summed E-state index contributed by atoms with van der Waals surface area (Å²) in [4.78, 5) is 21.5. The van der Waals surface area contributed by atoms with Crippen LogP contribution in [0.4, 0.5) is 5.82 Å².